The summed E-state index contributed by atoms with van der Waals surface area (Å²) < 4.78 is 26.9. The minimum atomic E-state index is -0.114. The number of hydrogen-bond acceptors (Lipinski definition) is 7. The molecule has 3 rings (SSSR count). The third kappa shape index (κ3) is 4.51. The van der Waals surface area contributed by atoms with Crippen LogP contribution in [0.4, 0.5) is 11.4 Å². The highest BCUT2D eigenvalue weighted by Crippen LogP contribution is 2.40. The lowest BCUT2D eigenvalue weighted by atomic mass is 10.2. The second-order valence-electron chi connectivity index (χ2n) is 6.00. The van der Waals surface area contributed by atoms with Crippen molar-refractivity contribution in [3.05, 3.63) is 30.3 Å². The van der Waals surface area contributed by atoms with Gasteiger partial charge in [0.05, 0.1) is 21.3 Å². The summed E-state index contributed by atoms with van der Waals surface area (Å²) in [6.07, 6.45) is 0.283. The number of fused-ring (bicyclic) bond motifs is 1. The van der Waals surface area contributed by atoms with E-state index in [0.29, 0.717) is 54.2 Å². The molecule has 0 unspecified atom stereocenters. The Balaban J connectivity index is 1.55. The van der Waals surface area contributed by atoms with Gasteiger partial charge in [-0.2, -0.15) is 0 Å². The maximum absolute atomic E-state index is 12.2. The summed E-state index contributed by atoms with van der Waals surface area (Å²) in [7, 11) is 4.67. The molecule has 0 bridgehead atoms. The molecule has 0 atom stereocenters. The number of ether oxygens (including phenoxy) is 5. The molecule has 1 heterocycles. The fourth-order valence-corrected chi connectivity index (χ4v) is 2.85. The van der Waals surface area contributed by atoms with Crippen molar-refractivity contribution in [1.29, 1.82) is 0 Å². The summed E-state index contributed by atoms with van der Waals surface area (Å²) in [6.45, 7) is 1.48. The number of benzene rings is 2. The van der Waals surface area contributed by atoms with Gasteiger partial charge in [-0.1, -0.05) is 0 Å². The van der Waals surface area contributed by atoms with E-state index in [2.05, 4.69) is 10.6 Å². The highest BCUT2D eigenvalue weighted by molar-refractivity contribution is 5.91. The van der Waals surface area contributed by atoms with Crippen molar-refractivity contribution in [2.24, 2.45) is 0 Å². The highest BCUT2D eigenvalue weighted by atomic mass is 16.6. The van der Waals surface area contributed by atoms with Crippen molar-refractivity contribution < 1.29 is 28.5 Å². The van der Waals surface area contributed by atoms with Gasteiger partial charge >= 0.3 is 0 Å². The van der Waals surface area contributed by atoms with E-state index in [9.17, 15) is 4.79 Å². The molecule has 0 spiro atoms. The van der Waals surface area contributed by atoms with E-state index in [0.717, 1.165) is 5.69 Å². The predicted molar refractivity (Wildman–Crippen MR) is 105 cm³/mol. The predicted octanol–water partition coefficient (Wildman–Crippen LogP) is 2.92. The Morgan fingerprint density at radius 1 is 0.929 bits per heavy atom. The quantitative estimate of drug-likeness (QED) is 0.719. The SMILES string of the molecule is COc1cc(NCCC(=O)Nc2ccc3c(c2)OCCO3)cc(OC)c1OC. The van der Waals surface area contributed by atoms with Gasteiger partial charge < -0.3 is 34.3 Å². The van der Waals surface area contributed by atoms with Crippen LogP contribution in [0.3, 0.4) is 0 Å². The van der Waals surface area contributed by atoms with Crippen molar-refractivity contribution >= 4 is 17.3 Å². The fraction of sp³-hybridized carbons (Fsp3) is 0.350. The molecule has 1 aliphatic rings. The van der Waals surface area contributed by atoms with Crippen LogP contribution in [-0.2, 0) is 4.79 Å². The first-order chi connectivity index (χ1) is 13.6. The first-order valence-corrected chi connectivity index (χ1v) is 8.88. The van der Waals surface area contributed by atoms with E-state index in [1.165, 1.54) is 0 Å². The molecule has 2 aromatic rings. The molecule has 0 fully saturated rings. The Labute approximate surface area is 163 Å². The van der Waals surface area contributed by atoms with Crippen LogP contribution in [-0.4, -0.2) is 47.0 Å². The van der Waals surface area contributed by atoms with Gasteiger partial charge in [0.25, 0.3) is 0 Å². The van der Waals surface area contributed by atoms with E-state index in [1.807, 2.05) is 0 Å². The van der Waals surface area contributed by atoms with Crippen LogP contribution in [0.1, 0.15) is 6.42 Å². The van der Waals surface area contributed by atoms with Gasteiger partial charge in [0.1, 0.15) is 13.2 Å². The molecule has 150 valence electrons. The maximum Gasteiger partial charge on any atom is 0.226 e. The monoisotopic (exact) mass is 388 g/mol. The van der Waals surface area contributed by atoms with Gasteiger partial charge in [-0.05, 0) is 12.1 Å². The van der Waals surface area contributed by atoms with Gasteiger partial charge in [-0.3, -0.25) is 4.79 Å². The van der Waals surface area contributed by atoms with Gasteiger partial charge in [-0.15, -0.1) is 0 Å². The van der Waals surface area contributed by atoms with Crippen LogP contribution < -0.4 is 34.3 Å². The normalized spacial score (nSPS) is 12.1. The number of nitrogens with one attached hydrogen (secondary N) is 2. The average molecular weight is 388 g/mol. The molecule has 2 N–H and O–H groups in total. The number of rotatable bonds is 8. The third-order valence-corrected chi connectivity index (χ3v) is 4.17. The van der Waals surface area contributed by atoms with Crippen LogP contribution in [0.25, 0.3) is 0 Å². The van der Waals surface area contributed by atoms with E-state index < -0.39 is 0 Å². The number of carbonyl (C=O) groups is 1. The number of amides is 1. The first-order valence-electron chi connectivity index (χ1n) is 8.88. The largest absolute Gasteiger partial charge is 0.493 e. The molecule has 28 heavy (non-hydrogen) atoms. The second kappa shape index (κ2) is 9.07. The zero-order chi connectivity index (χ0) is 19.9. The van der Waals surface area contributed by atoms with Crippen molar-refractivity contribution in [3.63, 3.8) is 0 Å². The number of hydrogen-bond donors (Lipinski definition) is 2. The summed E-state index contributed by atoms with van der Waals surface area (Å²) in [6, 6.07) is 8.93. The number of carbonyl (C=O) groups excluding carboxylic acids is 1. The minimum Gasteiger partial charge on any atom is -0.493 e. The molecule has 8 nitrogen and oxygen atoms in total. The van der Waals surface area contributed by atoms with Crippen LogP contribution >= 0.6 is 0 Å². The standard InChI is InChI=1S/C20H24N2O6/c1-24-17-11-14(12-18(25-2)20(17)26-3)21-7-6-19(23)22-13-4-5-15-16(10-13)28-9-8-27-15/h4-5,10-12,21H,6-9H2,1-3H3,(H,22,23). The lowest BCUT2D eigenvalue weighted by molar-refractivity contribution is -0.115. The Morgan fingerprint density at radius 2 is 1.61 bits per heavy atom. The van der Waals surface area contributed by atoms with Crippen molar-refractivity contribution in [2.45, 2.75) is 6.42 Å². The summed E-state index contributed by atoms with van der Waals surface area (Å²) in [5, 5.41) is 6.05. The average Bonchev–Trinajstić information content (AvgIpc) is 2.72. The zero-order valence-electron chi connectivity index (χ0n) is 16.2. The van der Waals surface area contributed by atoms with Crippen molar-refractivity contribution in [1.82, 2.24) is 0 Å². The van der Waals surface area contributed by atoms with E-state index in [1.54, 1.807) is 51.7 Å². The fourth-order valence-electron chi connectivity index (χ4n) is 2.85. The van der Waals surface area contributed by atoms with Gasteiger partial charge in [0.15, 0.2) is 23.0 Å². The zero-order valence-corrected chi connectivity index (χ0v) is 16.2. The molecule has 2 aromatic carbocycles. The second-order valence-corrected chi connectivity index (χ2v) is 6.00. The molecule has 1 amide bonds. The van der Waals surface area contributed by atoms with Crippen LogP contribution in [0.5, 0.6) is 28.7 Å². The summed E-state index contributed by atoms with van der Waals surface area (Å²) in [5.74, 6) is 2.83. The van der Waals surface area contributed by atoms with Gasteiger partial charge in [0.2, 0.25) is 11.7 Å². The topological polar surface area (TPSA) is 87.3 Å². The Morgan fingerprint density at radius 3 is 2.25 bits per heavy atom. The van der Waals surface area contributed by atoms with Crippen molar-refractivity contribution in [2.75, 3.05) is 51.7 Å². The molecular formula is C20H24N2O6. The smallest absolute Gasteiger partial charge is 0.226 e. The van der Waals surface area contributed by atoms with Gasteiger partial charge in [0, 0.05) is 42.5 Å². The lowest BCUT2D eigenvalue weighted by Gasteiger charge is -2.19. The molecule has 0 saturated carbocycles. The maximum atomic E-state index is 12.2. The number of methoxy groups -OCH3 is 3. The molecule has 0 radical (unpaired) electrons. The Hall–Kier alpha value is -3.29. The molecular weight excluding hydrogens is 364 g/mol. The summed E-state index contributed by atoms with van der Waals surface area (Å²) in [4.78, 5) is 12.2. The Kier molecular flexibility index (Phi) is 6.31. The van der Waals surface area contributed by atoms with Crippen LogP contribution in [0.15, 0.2) is 30.3 Å². The van der Waals surface area contributed by atoms with Crippen LogP contribution in [0, 0.1) is 0 Å². The van der Waals surface area contributed by atoms with E-state index in [4.69, 9.17) is 23.7 Å². The minimum absolute atomic E-state index is 0.114. The molecule has 0 aromatic heterocycles. The van der Waals surface area contributed by atoms with E-state index >= 15 is 0 Å². The molecule has 0 saturated heterocycles. The van der Waals surface area contributed by atoms with Crippen molar-refractivity contribution in [3.8, 4) is 28.7 Å². The molecule has 0 aliphatic carbocycles. The summed E-state index contributed by atoms with van der Waals surface area (Å²) >= 11 is 0. The number of anilines is 2. The summed E-state index contributed by atoms with van der Waals surface area (Å²) in [5.41, 5.74) is 1.43. The molecule has 1 aliphatic heterocycles. The lowest BCUT2D eigenvalue weighted by Crippen LogP contribution is -2.18. The van der Waals surface area contributed by atoms with E-state index in [-0.39, 0.29) is 12.3 Å². The third-order valence-electron chi connectivity index (χ3n) is 4.17. The molecule has 8 heteroatoms. The highest BCUT2D eigenvalue weighted by Gasteiger charge is 2.14. The Bertz CT molecular complexity index is 814. The first kappa shape index (κ1) is 19.5. The van der Waals surface area contributed by atoms with Gasteiger partial charge in [-0.25, -0.2) is 0 Å². The van der Waals surface area contributed by atoms with Crippen LogP contribution in [0.2, 0.25) is 0 Å².